The number of hydrogen-bond donors (Lipinski definition) is 1. The maximum absolute atomic E-state index is 12.5. The summed E-state index contributed by atoms with van der Waals surface area (Å²) >= 11 is 0. The summed E-state index contributed by atoms with van der Waals surface area (Å²) in [6.45, 7) is 9.91. The van der Waals surface area contributed by atoms with E-state index in [9.17, 15) is 4.79 Å². The van der Waals surface area contributed by atoms with Crippen molar-refractivity contribution in [2.45, 2.75) is 34.6 Å². The molecule has 2 aromatic carbocycles. The molecule has 1 amide bonds. The van der Waals surface area contributed by atoms with Gasteiger partial charge in [0.1, 0.15) is 17.1 Å². The Morgan fingerprint density at radius 1 is 1.07 bits per heavy atom. The van der Waals surface area contributed by atoms with Gasteiger partial charge >= 0.3 is 0 Å². The minimum absolute atomic E-state index is 0.170. The smallest absolute Gasteiger partial charge is 0.248 e. The van der Waals surface area contributed by atoms with E-state index in [1.165, 1.54) is 0 Å². The summed E-state index contributed by atoms with van der Waals surface area (Å²) in [6.07, 6.45) is 1.60. The lowest BCUT2D eigenvalue weighted by atomic mass is 9.98. The van der Waals surface area contributed by atoms with Crippen molar-refractivity contribution < 1.29 is 13.9 Å². The molecule has 0 saturated carbocycles. The molecular formula is C23H25NO3. The lowest BCUT2D eigenvalue weighted by Crippen LogP contribution is -2.08. The molecule has 140 valence electrons. The molecule has 0 fully saturated rings. The summed E-state index contributed by atoms with van der Waals surface area (Å²) in [5.41, 5.74) is 6.53. The molecule has 0 atom stereocenters. The number of amides is 1. The topological polar surface area (TPSA) is 51.5 Å². The number of carbonyl (C=O) groups excluding carboxylic acids is 1. The van der Waals surface area contributed by atoms with Crippen LogP contribution in [0.5, 0.6) is 5.75 Å². The number of aryl methyl sites for hydroxylation is 4. The van der Waals surface area contributed by atoms with Crippen molar-refractivity contribution in [1.82, 2.24) is 0 Å². The fraction of sp³-hybridized carbons (Fsp3) is 0.261. The van der Waals surface area contributed by atoms with Gasteiger partial charge < -0.3 is 14.5 Å². The molecule has 0 aliphatic heterocycles. The molecule has 4 heteroatoms. The van der Waals surface area contributed by atoms with Crippen molar-refractivity contribution >= 4 is 28.1 Å². The van der Waals surface area contributed by atoms with E-state index in [0.29, 0.717) is 0 Å². The first kappa shape index (κ1) is 18.8. The van der Waals surface area contributed by atoms with Crippen LogP contribution < -0.4 is 10.1 Å². The molecule has 0 spiro atoms. The summed E-state index contributed by atoms with van der Waals surface area (Å²) in [4.78, 5) is 12.5. The van der Waals surface area contributed by atoms with E-state index in [1.807, 2.05) is 65.0 Å². The third kappa shape index (κ3) is 3.61. The summed E-state index contributed by atoms with van der Waals surface area (Å²) in [5.74, 6) is 1.45. The normalized spacial score (nSPS) is 11.7. The number of hydrogen-bond acceptors (Lipinski definition) is 3. The summed E-state index contributed by atoms with van der Waals surface area (Å²) < 4.78 is 11.5. The molecule has 1 N–H and O–H groups in total. The first-order chi connectivity index (χ1) is 12.8. The third-order valence-electron chi connectivity index (χ3n) is 4.94. The Balaban J connectivity index is 1.99. The Labute approximate surface area is 159 Å². The second kappa shape index (κ2) is 7.31. The summed E-state index contributed by atoms with van der Waals surface area (Å²) in [6, 6.07) is 9.76. The SMILES string of the molecule is COc1c(/C(C)=C/C(=O)Nc2ccc(C)cc2)cc2c(C)c(C)oc2c1C. The zero-order valence-electron chi connectivity index (χ0n) is 16.7. The number of anilines is 1. The fourth-order valence-electron chi connectivity index (χ4n) is 3.26. The van der Waals surface area contributed by atoms with Crippen LogP contribution in [-0.2, 0) is 4.79 Å². The Morgan fingerprint density at radius 2 is 1.74 bits per heavy atom. The highest BCUT2D eigenvalue weighted by atomic mass is 16.5. The first-order valence-corrected chi connectivity index (χ1v) is 8.95. The van der Waals surface area contributed by atoms with Crippen molar-refractivity contribution in [3.05, 3.63) is 64.4 Å². The van der Waals surface area contributed by atoms with Crippen molar-refractivity contribution in [3.63, 3.8) is 0 Å². The van der Waals surface area contributed by atoms with Gasteiger partial charge in [0.25, 0.3) is 0 Å². The number of carbonyl (C=O) groups is 1. The second-order valence-corrected chi connectivity index (χ2v) is 6.92. The van der Waals surface area contributed by atoms with Gasteiger partial charge in [-0.15, -0.1) is 0 Å². The average Bonchev–Trinajstić information content (AvgIpc) is 2.92. The molecule has 3 aromatic rings. The highest BCUT2D eigenvalue weighted by Gasteiger charge is 2.18. The molecule has 0 aliphatic carbocycles. The molecular weight excluding hydrogens is 338 g/mol. The van der Waals surface area contributed by atoms with Gasteiger partial charge in [-0.2, -0.15) is 0 Å². The first-order valence-electron chi connectivity index (χ1n) is 8.95. The number of allylic oxidation sites excluding steroid dienone is 1. The predicted octanol–water partition coefficient (Wildman–Crippen LogP) is 5.72. The summed E-state index contributed by atoms with van der Waals surface area (Å²) in [7, 11) is 1.64. The molecule has 0 radical (unpaired) electrons. The lowest BCUT2D eigenvalue weighted by Gasteiger charge is -2.13. The number of fused-ring (bicyclic) bond motifs is 1. The van der Waals surface area contributed by atoms with Gasteiger partial charge in [-0.05, 0) is 64.0 Å². The number of ether oxygens (including phenoxy) is 1. The monoisotopic (exact) mass is 363 g/mol. The molecule has 1 heterocycles. The van der Waals surface area contributed by atoms with Gasteiger partial charge in [-0.25, -0.2) is 0 Å². The number of furan rings is 1. The summed E-state index contributed by atoms with van der Waals surface area (Å²) in [5, 5.41) is 3.95. The minimum Gasteiger partial charge on any atom is -0.496 e. The Hall–Kier alpha value is -3.01. The van der Waals surface area contributed by atoms with Crippen molar-refractivity contribution in [3.8, 4) is 5.75 Å². The van der Waals surface area contributed by atoms with Crippen LogP contribution in [-0.4, -0.2) is 13.0 Å². The zero-order chi connectivity index (χ0) is 19.7. The van der Waals surface area contributed by atoms with Crippen molar-refractivity contribution in [2.24, 2.45) is 0 Å². The van der Waals surface area contributed by atoms with Gasteiger partial charge in [0.05, 0.1) is 7.11 Å². The standard InChI is InChI=1S/C23H25NO3/c1-13-7-9-18(10-8-13)24-21(25)11-14(2)19-12-20-15(3)17(5)27-23(20)16(4)22(19)26-6/h7-12H,1-6H3,(H,24,25)/b14-11+. The molecule has 0 aliphatic rings. The van der Waals surface area contributed by atoms with E-state index < -0.39 is 0 Å². The van der Waals surface area contributed by atoms with E-state index >= 15 is 0 Å². The van der Waals surface area contributed by atoms with Crippen molar-refractivity contribution in [2.75, 3.05) is 12.4 Å². The number of benzene rings is 2. The molecule has 0 unspecified atom stereocenters. The van der Waals surface area contributed by atoms with Crippen LogP contribution >= 0.6 is 0 Å². The van der Waals surface area contributed by atoms with E-state index in [-0.39, 0.29) is 5.91 Å². The highest BCUT2D eigenvalue weighted by molar-refractivity contribution is 6.05. The third-order valence-corrected chi connectivity index (χ3v) is 4.94. The maximum atomic E-state index is 12.5. The van der Waals surface area contributed by atoms with E-state index in [0.717, 1.165) is 56.0 Å². The molecule has 1 aromatic heterocycles. The van der Waals surface area contributed by atoms with Gasteiger partial charge in [0.2, 0.25) is 5.91 Å². The average molecular weight is 363 g/mol. The van der Waals surface area contributed by atoms with Crippen LogP contribution in [0, 0.1) is 27.7 Å². The largest absolute Gasteiger partial charge is 0.496 e. The van der Waals surface area contributed by atoms with Gasteiger partial charge in [0.15, 0.2) is 0 Å². The Morgan fingerprint density at radius 3 is 2.37 bits per heavy atom. The van der Waals surface area contributed by atoms with Gasteiger partial charge in [-0.3, -0.25) is 4.79 Å². The van der Waals surface area contributed by atoms with Gasteiger partial charge in [-0.1, -0.05) is 17.7 Å². The quantitative estimate of drug-likeness (QED) is 0.603. The maximum Gasteiger partial charge on any atom is 0.248 e. The number of nitrogens with one attached hydrogen (secondary N) is 1. The molecule has 27 heavy (non-hydrogen) atoms. The lowest BCUT2D eigenvalue weighted by molar-refractivity contribution is -0.111. The minimum atomic E-state index is -0.170. The van der Waals surface area contributed by atoms with Crippen LogP contribution in [0.4, 0.5) is 5.69 Å². The Kier molecular flexibility index (Phi) is 5.08. The molecule has 0 bridgehead atoms. The highest BCUT2D eigenvalue weighted by Crippen LogP contribution is 2.38. The van der Waals surface area contributed by atoms with Crippen LogP contribution in [0.2, 0.25) is 0 Å². The van der Waals surface area contributed by atoms with Crippen LogP contribution in [0.3, 0.4) is 0 Å². The number of methoxy groups -OCH3 is 1. The molecule has 4 nitrogen and oxygen atoms in total. The van der Waals surface area contributed by atoms with E-state index in [2.05, 4.69) is 5.32 Å². The van der Waals surface area contributed by atoms with E-state index in [4.69, 9.17) is 9.15 Å². The van der Waals surface area contributed by atoms with Crippen LogP contribution in [0.1, 0.15) is 34.9 Å². The Bertz CT molecular complexity index is 1040. The number of rotatable bonds is 4. The van der Waals surface area contributed by atoms with Crippen LogP contribution in [0.15, 0.2) is 40.8 Å². The van der Waals surface area contributed by atoms with Crippen LogP contribution in [0.25, 0.3) is 16.5 Å². The van der Waals surface area contributed by atoms with Gasteiger partial charge in [0, 0.05) is 28.3 Å². The predicted molar refractivity (Wildman–Crippen MR) is 110 cm³/mol. The second-order valence-electron chi connectivity index (χ2n) is 6.92. The zero-order valence-corrected chi connectivity index (χ0v) is 16.7. The van der Waals surface area contributed by atoms with E-state index in [1.54, 1.807) is 13.2 Å². The molecule has 3 rings (SSSR count). The molecule has 0 saturated heterocycles. The fourth-order valence-corrected chi connectivity index (χ4v) is 3.26. The van der Waals surface area contributed by atoms with Crippen molar-refractivity contribution in [1.29, 1.82) is 0 Å².